The van der Waals surface area contributed by atoms with E-state index in [0.29, 0.717) is 16.5 Å². The van der Waals surface area contributed by atoms with Gasteiger partial charge in [0, 0.05) is 16.8 Å². The van der Waals surface area contributed by atoms with Crippen LogP contribution in [0.2, 0.25) is 0 Å². The Bertz CT molecular complexity index is 1210. The van der Waals surface area contributed by atoms with E-state index < -0.39 is 10.0 Å². The highest BCUT2D eigenvalue weighted by Gasteiger charge is 2.42. The standard InChI is InChI=1S/C21H22N4O3S3/c1-13-9-11-30-20(13)19-18(15-6-4-5-10-22-15)23-21(29)25(19)14-7-8-17(28-2)16(12-14)24-31(3,26)27/h4-12,18-19,24H,1-3H3,(H,23,29)/t18-,19+/m1/s1. The fourth-order valence-electron chi connectivity index (χ4n) is 3.71. The number of nitrogens with zero attached hydrogens (tertiary/aromatic N) is 2. The molecule has 0 unspecified atom stereocenters. The number of thiophene rings is 1. The number of rotatable bonds is 6. The normalized spacial score (nSPS) is 18.7. The van der Waals surface area contributed by atoms with Crippen LogP contribution in [0.3, 0.4) is 0 Å². The molecule has 162 valence electrons. The molecule has 0 amide bonds. The molecule has 4 rings (SSSR count). The number of aromatic nitrogens is 1. The lowest BCUT2D eigenvalue weighted by molar-refractivity contribution is 0.417. The average molecular weight is 475 g/mol. The quantitative estimate of drug-likeness (QED) is 0.522. The molecular weight excluding hydrogens is 452 g/mol. The number of hydrogen-bond acceptors (Lipinski definition) is 6. The van der Waals surface area contributed by atoms with Crippen LogP contribution >= 0.6 is 23.6 Å². The maximum atomic E-state index is 11.9. The van der Waals surface area contributed by atoms with Gasteiger partial charge >= 0.3 is 0 Å². The Morgan fingerprint density at radius 1 is 1.26 bits per heavy atom. The second kappa shape index (κ2) is 8.45. The van der Waals surface area contributed by atoms with Crippen molar-refractivity contribution in [2.45, 2.75) is 19.0 Å². The van der Waals surface area contributed by atoms with Crippen LogP contribution in [0.15, 0.2) is 54.0 Å². The molecule has 1 saturated heterocycles. The van der Waals surface area contributed by atoms with Crippen LogP contribution in [0.5, 0.6) is 5.75 Å². The first kappa shape index (κ1) is 21.5. The van der Waals surface area contributed by atoms with Crippen molar-refractivity contribution in [3.63, 3.8) is 0 Å². The second-order valence-electron chi connectivity index (χ2n) is 7.22. The van der Waals surface area contributed by atoms with E-state index >= 15 is 0 Å². The van der Waals surface area contributed by atoms with Gasteiger partial charge in [-0.15, -0.1) is 11.3 Å². The Kier molecular flexibility index (Phi) is 5.87. The third-order valence-electron chi connectivity index (χ3n) is 5.03. The minimum Gasteiger partial charge on any atom is -0.495 e. The summed E-state index contributed by atoms with van der Waals surface area (Å²) in [5.41, 5.74) is 3.15. The zero-order valence-corrected chi connectivity index (χ0v) is 19.6. The highest BCUT2D eigenvalue weighted by atomic mass is 32.2. The largest absolute Gasteiger partial charge is 0.495 e. The maximum absolute atomic E-state index is 11.9. The molecule has 1 aliphatic heterocycles. The van der Waals surface area contributed by atoms with E-state index in [4.69, 9.17) is 17.0 Å². The SMILES string of the molecule is COc1ccc(N2C(=S)N[C@H](c3ccccn3)[C@H]2c2sccc2C)cc1NS(C)(=O)=O. The molecule has 1 aliphatic rings. The van der Waals surface area contributed by atoms with E-state index in [0.717, 1.165) is 28.1 Å². The van der Waals surface area contributed by atoms with Crippen molar-refractivity contribution in [2.75, 3.05) is 23.0 Å². The number of benzene rings is 1. The lowest BCUT2D eigenvalue weighted by atomic mass is 10.0. The van der Waals surface area contributed by atoms with Gasteiger partial charge in [0.1, 0.15) is 5.75 Å². The Labute approximate surface area is 191 Å². The number of ether oxygens (including phenoxy) is 1. The monoisotopic (exact) mass is 474 g/mol. The molecule has 2 aromatic heterocycles. The van der Waals surface area contributed by atoms with Gasteiger partial charge in [-0.05, 0) is 66.5 Å². The number of hydrogen-bond donors (Lipinski definition) is 2. The molecule has 3 heterocycles. The third kappa shape index (κ3) is 4.36. The number of anilines is 2. The van der Waals surface area contributed by atoms with Crippen LogP contribution in [-0.4, -0.2) is 31.9 Å². The lowest BCUT2D eigenvalue weighted by Crippen LogP contribution is -2.29. The molecule has 2 atom stereocenters. The number of aryl methyl sites for hydroxylation is 1. The average Bonchev–Trinajstić information content (AvgIpc) is 3.29. The predicted molar refractivity (Wildman–Crippen MR) is 128 cm³/mol. The Morgan fingerprint density at radius 3 is 2.68 bits per heavy atom. The molecule has 2 N–H and O–H groups in total. The number of nitrogens with one attached hydrogen (secondary N) is 2. The summed E-state index contributed by atoms with van der Waals surface area (Å²) in [5, 5.41) is 6.02. The van der Waals surface area contributed by atoms with Crippen molar-refractivity contribution < 1.29 is 13.2 Å². The van der Waals surface area contributed by atoms with Gasteiger partial charge in [0.25, 0.3) is 0 Å². The Hall–Kier alpha value is -2.69. The van der Waals surface area contributed by atoms with Gasteiger partial charge in [0.2, 0.25) is 10.0 Å². The lowest BCUT2D eigenvalue weighted by Gasteiger charge is -2.28. The maximum Gasteiger partial charge on any atom is 0.229 e. The van der Waals surface area contributed by atoms with Crippen LogP contribution in [0.1, 0.15) is 28.2 Å². The molecule has 0 bridgehead atoms. The first-order valence-electron chi connectivity index (χ1n) is 9.49. The van der Waals surface area contributed by atoms with Crippen molar-refractivity contribution in [3.8, 4) is 5.75 Å². The summed E-state index contributed by atoms with van der Waals surface area (Å²) < 4.78 is 31.6. The number of methoxy groups -OCH3 is 1. The van der Waals surface area contributed by atoms with Gasteiger partial charge in [0.05, 0.1) is 36.8 Å². The summed E-state index contributed by atoms with van der Waals surface area (Å²) >= 11 is 7.39. The predicted octanol–water partition coefficient (Wildman–Crippen LogP) is 4.01. The van der Waals surface area contributed by atoms with Crippen molar-refractivity contribution in [1.29, 1.82) is 0 Å². The zero-order chi connectivity index (χ0) is 22.2. The molecule has 0 saturated carbocycles. The molecule has 0 radical (unpaired) electrons. The molecule has 0 aliphatic carbocycles. The molecule has 1 aromatic carbocycles. The van der Waals surface area contributed by atoms with E-state index in [2.05, 4.69) is 33.4 Å². The molecule has 0 spiro atoms. The van der Waals surface area contributed by atoms with E-state index in [1.165, 1.54) is 7.11 Å². The van der Waals surface area contributed by atoms with Gasteiger partial charge in [-0.25, -0.2) is 8.42 Å². The topological polar surface area (TPSA) is 83.6 Å². The molecule has 7 nitrogen and oxygen atoms in total. The van der Waals surface area contributed by atoms with Crippen molar-refractivity contribution in [3.05, 3.63) is 70.2 Å². The summed E-state index contributed by atoms with van der Waals surface area (Å²) in [6.45, 7) is 2.07. The van der Waals surface area contributed by atoms with Crippen molar-refractivity contribution in [1.82, 2.24) is 10.3 Å². The molecule has 10 heteroatoms. The van der Waals surface area contributed by atoms with Gasteiger partial charge in [-0.3, -0.25) is 9.71 Å². The number of pyridine rings is 1. The Balaban J connectivity index is 1.83. The summed E-state index contributed by atoms with van der Waals surface area (Å²) in [6.07, 6.45) is 2.87. The molecule has 31 heavy (non-hydrogen) atoms. The second-order valence-corrected chi connectivity index (χ2v) is 10.3. The highest BCUT2D eigenvalue weighted by Crippen LogP contribution is 2.45. The van der Waals surface area contributed by atoms with Crippen LogP contribution in [0.25, 0.3) is 0 Å². The molecular formula is C21H22N4O3S3. The van der Waals surface area contributed by atoms with Crippen molar-refractivity contribution >= 4 is 50.1 Å². The zero-order valence-electron chi connectivity index (χ0n) is 17.2. The molecule has 3 aromatic rings. The highest BCUT2D eigenvalue weighted by molar-refractivity contribution is 7.92. The number of sulfonamides is 1. The van der Waals surface area contributed by atoms with Gasteiger partial charge < -0.3 is 15.0 Å². The van der Waals surface area contributed by atoms with Crippen LogP contribution in [0.4, 0.5) is 11.4 Å². The van der Waals surface area contributed by atoms with Gasteiger partial charge in [-0.1, -0.05) is 6.07 Å². The van der Waals surface area contributed by atoms with E-state index in [1.54, 1.807) is 29.7 Å². The summed E-state index contributed by atoms with van der Waals surface area (Å²) in [5.74, 6) is 0.428. The summed E-state index contributed by atoms with van der Waals surface area (Å²) in [4.78, 5) is 7.73. The van der Waals surface area contributed by atoms with Gasteiger partial charge in [0.15, 0.2) is 5.11 Å². The van der Waals surface area contributed by atoms with E-state index in [1.807, 2.05) is 29.2 Å². The number of thiocarbonyl (C=S) groups is 1. The fraction of sp³-hybridized carbons (Fsp3) is 0.238. The van der Waals surface area contributed by atoms with Crippen molar-refractivity contribution in [2.24, 2.45) is 0 Å². The minimum absolute atomic E-state index is 0.137. The van der Waals surface area contributed by atoms with Crippen LogP contribution in [-0.2, 0) is 10.0 Å². The van der Waals surface area contributed by atoms with E-state index in [-0.39, 0.29) is 12.1 Å². The smallest absolute Gasteiger partial charge is 0.229 e. The molecule has 1 fully saturated rings. The Morgan fingerprint density at radius 2 is 2.06 bits per heavy atom. The van der Waals surface area contributed by atoms with Crippen LogP contribution in [0, 0.1) is 6.92 Å². The first-order chi connectivity index (χ1) is 14.8. The minimum atomic E-state index is -3.49. The fourth-order valence-corrected chi connectivity index (χ4v) is 5.67. The van der Waals surface area contributed by atoms with Gasteiger partial charge in [-0.2, -0.15) is 0 Å². The first-order valence-corrected chi connectivity index (χ1v) is 12.7. The van der Waals surface area contributed by atoms with E-state index in [9.17, 15) is 8.42 Å². The summed E-state index contributed by atoms with van der Waals surface area (Å²) in [7, 11) is -1.99. The van der Waals surface area contributed by atoms with Crippen LogP contribution < -0.4 is 19.7 Å². The summed E-state index contributed by atoms with van der Waals surface area (Å²) in [6, 6.07) is 13.0. The third-order valence-corrected chi connectivity index (χ3v) is 7.02.